The third-order valence-electron chi connectivity index (χ3n) is 3.75. The molecule has 0 radical (unpaired) electrons. The van der Waals surface area contributed by atoms with Crippen molar-refractivity contribution in [1.29, 1.82) is 0 Å². The van der Waals surface area contributed by atoms with Gasteiger partial charge in [-0.3, -0.25) is 9.69 Å². The van der Waals surface area contributed by atoms with Crippen molar-refractivity contribution < 1.29 is 9.53 Å². The molecule has 0 aromatic rings. The van der Waals surface area contributed by atoms with Gasteiger partial charge in [-0.1, -0.05) is 0 Å². The highest BCUT2D eigenvalue weighted by atomic mass is 16.6. The summed E-state index contributed by atoms with van der Waals surface area (Å²) in [5.74, 6) is 3.69. The minimum atomic E-state index is -0.363. The van der Waals surface area contributed by atoms with E-state index in [2.05, 4.69) is 10.8 Å². The van der Waals surface area contributed by atoms with E-state index in [-0.39, 0.29) is 11.6 Å². The monoisotopic (exact) mass is 249 g/mol. The fraction of sp³-hybridized carbons (Fsp3) is 0.800. The highest BCUT2D eigenvalue weighted by molar-refractivity contribution is 5.70. The summed E-state index contributed by atoms with van der Waals surface area (Å²) in [4.78, 5) is 14.1. The summed E-state index contributed by atoms with van der Waals surface area (Å²) in [5, 5.41) is 0. The number of hydrogen-bond donors (Lipinski definition) is 0. The van der Waals surface area contributed by atoms with Crippen molar-refractivity contribution in [2.45, 2.75) is 51.7 Å². The lowest BCUT2D eigenvalue weighted by Crippen LogP contribution is -2.56. The molecule has 18 heavy (non-hydrogen) atoms. The second-order valence-electron chi connectivity index (χ2n) is 6.60. The van der Waals surface area contributed by atoms with Crippen molar-refractivity contribution in [3.63, 3.8) is 0 Å². The van der Waals surface area contributed by atoms with Crippen LogP contribution in [0.1, 0.15) is 40.0 Å². The molecule has 100 valence electrons. The van der Waals surface area contributed by atoms with E-state index in [4.69, 9.17) is 11.2 Å². The molecule has 2 rings (SSSR count). The van der Waals surface area contributed by atoms with Crippen LogP contribution in [0.5, 0.6) is 0 Å². The molecule has 1 aliphatic carbocycles. The van der Waals surface area contributed by atoms with Gasteiger partial charge in [0.1, 0.15) is 5.60 Å². The van der Waals surface area contributed by atoms with E-state index in [1.807, 2.05) is 20.8 Å². The Balaban J connectivity index is 1.62. The quantitative estimate of drug-likeness (QED) is 0.566. The van der Waals surface area contributed by atoms with Gasteiger partial charge in [0.15, 0.2) is 0 Å². The Kier molecular flexibility index (Phi) is 3.68. The molecule has 2 aliphatic rings. The highest BCUT2D eigenvalue weighted by Crippen LogP contribution is 2.37. The first-order valence-corrected chi connectivity index (χ1v) is 6.79. The molecular weight excluding hydrogens is 226 g/mol. The number of carbonyl (C=O) groups is 1. The molecule has 3 heteroatoms. The summed E-state index contributed by atoms with van der Waals surface area (Å²) in [6, 6.07) is 0.655. The van der Waals surface area contributed by atoms with E-state index in [1.165, 1.54) is 0 Å². The van der Waals surface area contributed by atoms with Crippen LogP contribution >= 0.6 is 0 Å². The first kappa shape index (κ1) is 13.4. The van der Waals surface area contributed by atoms with Gasteiger partial charge in [-0.15, -0.1) is 12.3 Å². The van der Waals surface area contributed by atoms with Crippen LogP contribution in [0.2, 0.25) is 0 Å². The van der Waals surface area contributed by atoms with Crippen molar-refractivity contribution >= 4 is 5.97 Å². The van der Waals surface area contributed by atoms with Crippen LogP contribution in [0.4, 0.5) is 0 Å². The van der Waals surface area contributed by atoms with Crippen LogP contribution in [0, 0.1) is 24.2 Å². The number of carbonyl (C=O) groups excluding carboxylic acids is 1. The number of ether oxygens (including phenoxy) is 1. The largest absolute Gasteiger partial charge is 0.460 e. The van der Waals surface area contributed by atoms with Crippen molar-refractivity contribution in [3.8, 4) is 12.3 Å². The average Bonchev–Trinajstić information content (AvgIpc) is 2.08. The number of nitrogens with zero attached hydrogens (tertiary/aromatic N) is 1. The van der Waals surface area contributed by atoms with Crippen molar-refractivity contribution in [3.05, 3.63) is 0 Å². The van der Waals surface area contributed by atoms with Crippen molar-refractivity contribution in [2.24, 2.45) is 11.8 Å². The van der Waals surface area contributed by atoms with E-state index >= 15 is 0 Å². The molecule has 3 nitrogen and oxygen atoms in total. The molecule has 0 N–H and O–H groups in total. The van der Waals surface area contributed by atoms with Crippen LogP contribution in [0.3, 0.4) is 0 Å². The van der Waals surface area contributed by atoms with E-state index in [1.54, 1.807) is 0 Å². The van der Waals surface area contributed by atoms with Gasteiger partial charge in [-0.25, -0.2) is 0 Å². The molecule has 0 spiro atoms. The average molecular weight is 249 g/mol. The number of hydrogen-bond acceptors (Lipinski definition) is 3. The summed E-state index contributed by atoms with van der Waals surface area (Å²) in [5.41, 5.74) is -0.363. The van der Waals surface area contributed by atoms with E-state index in [0.717, 1.165) is 25.9 Å². The number of rotatable bonds is 3. The minimum absolute atomic E-state index is 0.0592. The Hall–Kier alpha value is -1.01. The minimum Gasteiger partial charge on any atom is -0.460 e. The summed E-state index contributed by atoms with van der Waals surface area (Å²) in [6.45, 7) is 7.82. The molecule has 1 saturated heterocycles. The van der Waals surface area contributed by atoms with Crippen LogP contribution in [-0.2, 0) is 9.53 Å². The molecule has 0 amide bonds. The molecular formula is C15H23NO2. The second-order valence-corrected chi connectivity index (χ2v) is 6.60. The van der Waals surface area contributed by atoms with Crippen molar-refractivity contribution in [1.82, 2.24) is 4.90 Å². The van der Waals surface area contributed by atoms with E-state index < -0.39 is 0 Å². The first-order chi connectivity index (χ1) is 8.37. The van der Waals surface area contributed by atoms with Gasteiger partial charge >= 0.3 is 5.97 Å². The third-order valence-corrected chi connectivity index (χ3v) is 3.75. The predicted molar refractivity (Wildman–Crippen MR) is 70.9 cm³/mol. The zero-order chi connectivity index (χ0) is 13.3. The molecule has 0 atom stereocenters. The Bertz CT molecular complexity index is 352. The van der Waals surface area contributed by atoms with Crippen LogP contribution in [-0.4, -0.2) is 35.6 Å². The van der Waals surface area contributed by atoms with Crippen LogP contribution in [0.25, 0.3) is 0 Å². The van der Waals surface area contributed by atoms with Crippen LogP contribution < -0.4 is 0 Å². The molecule has 0 unspecified atom stereocenters. The van der Waals surface area contributed by atoms with E-state index in [0.29, 0.717) is 24.3 Å². The lowest BCUT2D eigenvalue weighted by molar-refractivity contribution is -0.157. The lowest BCUT2D eigenvalue weighted by atomic mass is 9.75. The first-order valence-electron chi connectivity index (χ1n) is 6.79. The Morgan fingerprint density at radius 1 is 1.39 bits per heavy atom. The SMILES string of the molecule is C#CC1CN(C2CC(CC(=O)OC(C)(C)C)C2)C1. The van der Waals surface area contributed by atoms with Crippen molar-refractivity contribution in [2.75, 3.05) is 13.1 Å². The van der Waals surface area contributed by atoms with Gasteiger partial charge in [0.2, 0.25) is 0 Å². The summed E-state index contributed by atoms with van der Waals surface area (Å²) in [6.07, 6.45) is 8.18. The third kappa shape index (κ3) is 3.26. The van der Waals surface area contributed by atoms with Gasteiger partial charge < -0.3 is 4.74 Å². The maximum Gasteiger partial charge on any atom is 0.306 e. The summed E-state index contributed by atoms with van der Waals surface area (Å²) < 4.78 is 5.34. The maximum absolute atomic E-state index is 11.7. The zero-order valence-corrected chi connectivity index (χ0v) is 11.6. The number of likely N-dealkylation sites (tertiary alicyclic amines) is 1. The molecule has 1 aliphatic heterocycles. The number of esters is 1. The Labute approximate surface area is 110 Å². The zero-order valence-electron chi connectivity index (χ0n) is 11.6. The molecule has 0 bridgehead atoms. The lowest BCUT2D eigenvalue weighted by Gasteiger charge is -2.49. The van der Waals surface area contributed by atoms with E-state index in [9.17, 15) is 4.79 Å². The molecule has 0 aromatic heterocycles. The summed E-state index contributed by atoms with van der Waals surface area (Å²) in [7, 11) is 0. The maximum atomic E-state index is 11.7. The predicted octanol–water partition coefficient (Wildman–Crippen LogP) is 2.06. The molecule has 0 aromatic carbocycles. The van der Waals surface area contributed by atoms with Gasteiger partial charge in [0.05, 0.1) is 0 Å². The van der Waals surface area contributed by atoms with Crippen LogP contribution in [0.15, 0.2) is 0 Å². The van der Waals surface area contributed by atoms with Gasteiger partial charge in [-0.05, 0) is 39.5 Å². The number of terminal acetylenes is 1. The van der Waals surface area contributed by atoms with Gasteiger partial charge in [0.25, 0.3) is 0 Å². The van der Waals surface area contributed by atoms with Gasteiger partial charge in [-0.2, -0.15) is 0 Å². The fourth-order valence-corrected chi connectivity index (χ4v) is 2.70. The second kappa shape index (κ2) is 4.93. The fourth-order valence-electron chi connectivity index (χ4n) is 2.70. The highest BCUT2D eigenvalue weighted by Gasteiger charge is 2.40. The summed E-state index contributed by atoms with van der Waals surface area (Å²) >= 11 is 0. The molecule has 1 heterocycles. The normalized spacial score (nSPS) is 29.0. The molecule has 1 saturated carbocycles. The smallest absolute Gasteiger partial charge is 0.306 e. The molecule has 2 fully saturated rings. The van der Waals surface area contributed by atoms with Gasteiger partial charge in [0, 0.05) is 31.5 Å². The topological polar surface area (TPSA) is 29.5 Å². The Morgan fingerprint density at radius 2 is 2.00 bits per heavy atom. The Morgan fingerprint density at radius 3 is 2.50 bits per heavy atom. The standard InChI is InChI=1S/C15H23NO2/c1-5-11-9-16(10-11)13-6-12(7-13)8-14(17)18-15(2,3)4/h1,11-13H,6-10H2,2-4H3.